The van der Waals surface area contributed by atoms with Gasteiger partial charge in [0.15, 0.2) is 0 Å². The zero-order valence-electron chi connectivity index (χ0n) is 11.2. The van der Waals surface area contributed by atoms with E-state index < -0.39 is 0 Å². The third kappa shape index (κ3) is 1.96. The molecule has 2 fully saturated rings. The van der Waals surface area contributed by atoms with Gasteiger partial charge in [0, 0.05) is 13.0 Å². The molecule has 1 heterocycles. The van der Waals surface area contributed by atoms with Crippen molar-refractivity contribution in [2.45, 2.75) is 38.6 Å². The van der Waals surface area contributed by atoms with Crippen molar-refractivity contribution in [2.75, 3.05) is 0 Å². The maximum absolute atomic E-state index is 5.69. The van der Waals surface area contributed by atoms with E-state index in [0.29, 0.717) is 6.54 Å². The highest BCUT2D eigenvalue weighted by molar-refractivity contribution is 5.75. The quantitative estimate of drug-likeness (QED) is 0.885. The third-order valence-electron chi connectivity index (χ3n) is 5.17. The topological polar surface area (TPSA) is 54.7 Å². The summed E-state index contributed by atoms with van der Waals surface area (Å²) in [7, 11) is 0. The largest absolute Gasteiger partial charge is 0.342 e. The monoisotopic (exact) mass is 255 g/mol. The normalized spacial score (nSPS) is 29.4. The number of aromatic nitrogens is 2. The molecule has 1 aromatic heterocycles. The number of aromatic amines is 1. The average molecular weight is 255 g/mol. The van der Waals surface area contributed by atoms with E-state index in [-0.39, 0.29) is 0 Å². The summed E-state index contributed by atoms with van der Waals surface area (Å²) < 4.78 is 0. The summed E-state index contributed by atoms with van der Waals surface area (Å²) in [4.78, 5) is 8.23. The van der Waals surface area contributed by atoms with Crippen molar-refractivity contribution in [3.63, 3.8) is 0 Å². The minimum Gasteiger partial charge on any atom is -0.342 e. The molecule has 2 aromatic rings. The van der Waals surface area contributed by atoms with Crippen molar-refractivity contribution in [3.8, 4) is 0 Å². The van der Waals surface area contributed by atoms with Crippen LogP contribution >= 0.6 is 0 Å². The Labute approximate surface area is 113 Å². The van der Waals surface area contributed by atoms with Crippen LogP contribution < -0.4 is 5.73 Å². The summed E-state index contributed by atoms with van der Waals surface area (Å²) >= 11 is 0. The van der Waals surface area contributed by atoms with Crippen LogP contribution in [0.2, 0.25) is 0 Å². The Balaban J connectivity index is 1.58. The van der Waals surface area contributed by atoms with E-state index in [1.807, 2.05) is 0 Å². The molecular weight excluding hydrogens is 234 g/mol. The van der Waals surface area contributed by atoms with Gasteiger partial charge in [0.2, 0.25) is 0 Å². The highest BCUT2D eigenvalue weighted by atomic mass is 14.9. The Morgan fingerprint density at radius 2 is 2.21 bits per heavy atom. The average Bonchev–Trinajstić information content (AvgIpc) is 3.11. The first-order valence-corrected chi connectivity index (χ1v) is 7.49. The van der Waals surface area contributed by atoms with Crippen molar-refractivity contribution in [2.24, 2.45) is 23.5 Å². The van der Waals surface area contributed by atoms with Crippen LogP contribution in [-0.4, -0.2) is 9.97 Å². The first-order valence-electron chi connectivity index (χ1n) is 7.49. The molecule has 100 valence electrons. The summed E-state index contributed by atoms with van der Waals surface area (Å²) in [5.74, 6) is 4.02. The van der Waals surface area contributed by atoms with Crippen molar-refractivity contribution >= 4 is 11.0 Å². The second-order valence-electron chi connectivity index (χ2n) is 6.38. The number of imidazole rings is 1. The fourth-order valence-electron chi connectivity index (χ4n) is 4.21. The minimum atomic E-state index is 0.594. The molecule has 3 N–H and O–H groups in total. The molecule has 3 atom stereocenters. The maximum atomic E-state index is 5.69. The van der Waals surface area contributed by atoms with Crippen LogP contribution in [0, 0.1) is 17.8 Å². The van der Waals surface area contributed by atoms with Crippen LogP contribution in [0.4, 0.5) is 0 Å². The summed E-state index contributed by atoms with van der Waals surface area (Å²) in [6, 6.07) is 6.29. The summed E-state index contributed by atoms with van der Waals surface area (Å²) in [5, 5.41) is 0. The molecule has 0 radical (unpaired) electrons. The van der Waals surface area contributed by atoms with E-state index in [1.165, 1.54) is 37.1 Å². The number of benzene rings is 1. The van der Waals surface area contributed by atoms with Crippen molar-refractivity contribution in [1.29, 1.82) is 0 Å². The van der Waals surface area contributed by atoms with Gasteiger partial charge in [-0.15, -0.1) is 0 Å². The van der Waals surface area contributed by atoms with Crippen molar-refractivity contribution in [3.05, 3.63) is 29.6 Å². The van der Waals surface area contributed by atoms with E-state index in [1.54, 1.807) is 0 Å². The van der Waals surface area contributed by atoms with Gasteiger partial charge in [-0.3, -0.25) is 0 Å². The molecule has 2 aliphatic rings. The number of rotatable bonds is 3. The third-order valence-corrected chi connectivity index (χ3v) is 5.17. The fraction of sp³-hybridized carbons (Fsp3) is 0.562. The predicted octanol–water partition coefficient (Wildman–Crippen LogP) is 3.00. The summed E-state index contributed by atoms with van der Waals surface area (Å²) in [5.41, 5.74) is 9.07. The zero-order chi connectivity index (χ0) is 12.8. The van der Waals surface area contributed by atoms with Gasteiger partial charge < -0.3 is 10.7 Å². The van der Waals surface area contributed by atoms with Gasteiger partial charge in [0.25, 0.3) is 0 Å². The molecule has 3 unspecified atom stereocenters. The molecular formula is C16H21N3. The smallest absolute Gasteiger partial charge is 0.107 e. The van der Waals surface area contributed by atoms with Gasteiger partial charge in [-0.1, -0.05) is 12.5 Å². The van der Waals surface area contributed by atoms with Crippen LogP contribution in [0.25, 0.3) is 11.0 Å². The number of hydrogen-bond acceptors (Lipinski definition) is 2. The molecule has 2 saturated carbocycles. The Morgan fingerprint density at radius 1 is 1.26 bits per heavy atom. The van der Waals surface area contributed by atoms with Crippen LogP contribution in [-0.2, 0) is 13.0 Å². The van der Waals surface area contributed by atoms with Gasteiger partial charge in [-0.2, -0.15) is 0 Å². The van der Waals surface area contributed by atoms with Crippen LogP contribution in [0.15, 0.2) is 18.2 Å². The lowest BCUT2D eigenvalue weighted by atomic mass is 9.86. The molecule has 2 bridgehead atoms. The van der Waals surface area contributed by atoms with E-state index in [2.05, 4.69) is 23.2 Å². The molecule has 0 amide bonds. The zero-order valence-corrected chi connectivity index (χ0v) is 11.2. The molecule has 0 saturated heterocycles. The van der Waals surface area contributed by atoms with E-state index in [4.69, 9.17) is 10.7 Å². The number of nitrogens with one attached hydrogen (secondary N) is 1. The number of nitrogens with zero attached hydrogens (tertiary/aromatic N) is 1. The van der Waals surface area contributed by atoms with Gasteiger partial charge in [-0.25, -0.2) is 4.98 Å². The molecule has 0 spiro atoms. The fourth-order valence-corrected chi connectivity index (χ4v) is 4.21. The standard InChI is InChI=1S/C16H21N3/c17-9-11-2-4-14-15(7-11)19-16(18-14)8-13-6-10-1-3-12(13)5-10/h2,4,7,10,12-13H,1,3,5-6,8-9,17H2,(H,18,19). The first kappa shape index (κ1) is 11.5. The SMILES string of the molecule is NCc1ccc2nc(CC3CC4CCC3C4)[nH]c2c1. The lowest BCUT2D eigenvalue weighted by Gasteiger charge is -2.20. The first-order chi connectivity index (χ1) is 9.31. The number of H-pyrrole nitrogens is 1. The van der Waals surface area contributed by atoms with Gasteiger partial charge in [-0.05, 0) is 54.7 Å². The predicted molar refractivity (Wildman–Crippen MR) is 76.6 cm³/mol. The second-order valence-corrected chi connectivity index (χ2v) is 6.38. The molecule has 0 aliphatic heterocycles. The Bertz CT molecular complexity index is 601. The van der Waals surface area contributed by atoms with Gasteiger partial charge in [0.1, 0.15) is 5.82 Å². The lowest BCUT2D eigenvalue weighted by molar-refractivity contribution is 0.327. The second kappa shape index (κ2) is 4.34. The Kier molecular flexibility index (Phi) is 2.62. The number of nitrogens with two attached hydrogens (primary N) is 1. The highest BCUT2D eigenvalue weighted by Crippen LogP contribution is 2.49. The molecule has 19 heavy (non-hydrogen) atoms. The van der Waals surface area contributed by atoms with E-state index in [0.717, 1.165) is 35.2 Å². The Morgan fingerprint density at radius 3 is 2.95 bits per heavy atom. The Hall–Kier alpha value is -1.35. The van der Waals surface area contributed by atoms with Crippen LogP contribution in [0.5, 0.6) is 0 Å². The highest BCUT2D eigenvalue weighted by Gasteiger charge is 2.39. The minimum absolute atomic E-state index is 0.594. The molecule has 4 rings (SSSR count). The number of fused-ring (bicyclic) bond motifs is 3. The molecule has 3 nitrogen and oxygen atoms in total. The van der Waals surface area contributed by atoms with E-state index in [9.17, 15) is 0 Å². The number of hydrogen-bond donors (Lipinski definition) is 2. The maximum Gasteiger partial charge on any atom is 0.107 e. The van der Waals surface area contributed by atoms with Gasteiger partial charge >= 0.3 is 0 Å². The molecule has 2 aliphatic carbocycles. The van der Waals surface area contributed by atoms with Gasteiger partial charge in [0.05, 0.1) is 11.0 Å². The summed E-state index contributed by atoms with van der Waals surface area (Å²) in [6.07, 6.45) is 6.96. The summed E-state index contributed by atoms with van der Waals surface area (Å²) in [6.45, 7) is 0.594. The van der Waals surface area contributed by atoms with Crippen LogP contribution in [0.3, 0.4) is 0 Å². The van der Waals surface area contributed by atoms with Crippen LogP contribution in [0.1, 0.15) is 37.1 Å². The molecule has 3 heteroatoms. The lowest BCUT2D eigenvalue weighted by Crippen LogP contribution is -2.13. The van der Waals surface area contributed by atoms with Crippen molar-refractivity contribution in [1.82, 2.24) is 9.97 Å². The van der Waals surface area contributed by atoms with E-state index >= 15 is 0 Å². The molecule has 1 aromatic carbocycles. The van der Waals surface area contributed by atoms with Crippen molar-refractivity contribution < 1.29 is 0 Å².